The van der Waals surface area contributed by atoms with Gasteiger partial charge in [-0.1, -0.05) is 48.7 Å². The molecule has 0 bridgehead atoms. The van der Waals surface area contributed by atoms with E-state index in [1.807, 2.05) is 31.2 Å². The third-order valence-electron chi connectivity index (χ3n) is 5.83. The lowest BCUT2D eigenvalue weighted by molar-refractivity contribution is 0.285. The Labute approximate surface area is 204 Å². The fourth-order valence-electron chi connectivity index (χ4n) is 3.87. The van der Waals surface area contributed by atoms with Gasteiger partial charge in [0.2, 0.25) is 21.9 Å². The summed E-state index contributed by atoms with van der Waals surface area (Å²) in [6.07, 6.45) is 6.56. The van der Waals surface area contributed by atoms with E-state index in [9.17, 15) is 8.42 Å². The lowest BCUT2D eigenvalue weighted by atomic mass is 9.96. The molecule has 0 saturated heterocycles. The SMILES string of the molecule is Cc1ccc(Nc2nc(N)nc(CSc3ccc(S(=O)(=O)N(C)C4CCCCC4)cn3)n2)cc1. The standard InChI is InChI=1S/C23H29N7O2S2/c1-16-8-10-17(11-9-16)26-23-28-20(27-22(24)29-23)15-33-21-13-12-19(14-25-21)34(31,32)30(2)18-6-4-3-5-7-18/h8-14,18H,3-7,15H2,1-2H3,(H3,24,26,27,28,29). The van der Waals surface area contributed by atoms with E-state index in [0.29, 0.717) is 22.6 Å². The number of benzene rings is 1. The maximum absolute atomic E-state index is 13.0. The molecular formula is C23H29N7O2S2. The monoisotopic (exact) mass is 499 g/mol. The first-order chi connectivity index (χ1) is 16.3. The normalized spacial score (nSPS) is 14.9. The molecule has 2 heterocycles. The largest absolute Gasteiger partial charge is 0.368 e. The molecule has 2 aromatic heterocycles. The zero-order valence-corrected chi connectivity index (χ0v) is 20.9. The van der Waals surface area contributed by atoms with E-state index in [1.54, 1.807) is 19.2 Å². The number of nitrogens with one attached hydrogen (secondary N) is 1. The van der Waals surface area contributed by atoms with Crippen molar-refractivity contribution in [3.8, 4) is 0 Å². The van der Waals surface area contributed by atoms with E-state index < -0.39 is 10.0 Å². The first-order valence-corrected chi connectivity index (χ1v) is 13.6. The van der Waals surface area contributed by atoms with Crippen LogP contribution in [-0.4, -0.2) is 45.7 Å². The van der Waals surface area contributed by atoms with Crippen LogP contribution in [0.15, 0.2) is 52.5 Å². The molecule has 0 aliphatic heterocycles. The Morgan fingerprint density at radius 3 is 2.47 bits per heavy atom. The molecule has 0 unspecified atom stereocenters. The van der Waals surface area contributed by atoms with Crippen molar-refractivity contribution in [3.63, 3.8) is 0 Å². The van der Waals surface area contributed by atoms with Crippen LogP contribution >= 0.6 is 11.8 Å². The van der Waals surface area contributed by atoms with Gasteiger partial charge in [0, 0.05) is 25.0 Å². The number of nitrogens with zero attached hydrogens (tertiary/aromatic N) is 5. The number of aryl methyl sites for hydroxylation is 1. The summed E-state index contributed by atoms with van der Waals surface area (Å²) in [7, 11) is -1.89. The van der Waals surface area contributed by atoms with Gasteiger partial charge in [0.15, 0.2) is 0 Å². The number of sulfonamides is 1. The Morgan fingerprint density at radius 2 is 1.79 bits per heavy atom. The van der Waals surface area contributed by atoms with Crippen molar-refractivity contribution in [2.45, 2.75) is 60.7 Å². The van der Waals surface area contributed by atoms with Gasteiger partial charge in [0.05, 0.1) is 10.8 Å². The lowest BCUT2D eigenvalue weighted by Crippen LogP contribution is -2.38. The zero-order valence-electron chi connectivity index (χ0n) is 19.3. The van der Waals surface area contributed by atoms with E-state index in [-0.39, 0.29) is 16.9 Å². The average molecular weight is 500 g/mol. The van der Waals surface area contributed by atoms with Gasteiger partial charge in [-0.15, -0.1) is 0 Å². The van der Waals surface area contributed by atoms with Crippen LogP contribution < -0.4 is 11.1 Å². The highest BCUT2D eigenvalue weighted by Gasteiger charge is 2.29. The lowest BCUT2D eigenvalue weighted by Gasteiger charge is -2.30. The van der Waals surface area contributed by atoms with Crippen LogP contribution in [-0.2, 0) is 15.8 Å². The molecule has 0 radical (unpaired) electrons. The molecule has 11 heteroatoms. The Morgan fingerprint density at radius 1 is 1.06 bits per heavy atom. The number of nitrogen functional groups attached to an aromatic ring is 1. The number of aromatic nitrogens is 4. The number of thioether (sulfide) groups is 1. The molecular weight excluding hydrogens is 470 g/mol. The third-order valence-corrected chi connectivity index (χ3v) is 8.66. The van der Waals surface area contributed by atoms with Crippen LogP contribution in [0, 0.1) is 6.92 Å². The van der Waals surface area contributed by atoms with Crippen molar-refractivity contribution in [1.82, 2.24) is 24.2 Å². The van der Waals surface area contributed by atoms with Gasteiger partial charge in [-0.05, 0) is 44.0 Å². The summed E-state index contributed by atoms with van der Waals surface area (Å²) in [6.45, 7) is 2.02. The quantitative estimate of drug-likeness (QED) is 0.439. The summed E-state index contributed by atoms with van der Waals surface area (Å²) in [5.74, 6) is 1.41. The van der Waals surface area contributed by atoms with Crippen LogP contribution in [0.3, 0.4) is 0 Å². The number of hydrogen-bond acceptors (Lipinski definition) is 9. The minimum absolute atomic E-state index is 0.0600. The highest BCUT2D eigenvalue weighted by Crippen LogP contribution is 2.27. The Bertz CT molecular complexity index is 1210. The first-order valence-electron chi connectivity index (χ1n) is 11.2. The minimum atomic E-state index is -3.56. The predicted octanol–water partition coefficient (Wildman–Crippen LogP) is 4.15. The van der Waals surface area contributed by atoms with Crippen LogP contribution in [0.4, 0.5) is 17.6 Å². The first kappa shape index (κ1) is 24.4. The Balaban J connectivity index is 1.40. The van der Waals surface area contributed by atoms with Crippen LogP contribution in [0.2, 0.25) is 0 Å². The van der Waals surface area contributed by atoms with Crippen molar-refractivity contribution >= 4 is 39.4 Å². The molecule has 0 atom stereocenters. The molecule has 1 aromatic carbocycles. The summed E-state index contributed by atoms with van der Waals surface area (Å²) >= 11 is 1.40. The highest BCUT2D eigenvalue weighted by atomic mass is 32.2. The number of rotatable bonds is 8. The molecule has 1 aliphatic carbocycles. The molecule has 3 aromatic rings. The van der Waals surface area contributed by atoms with Crippen LogP contribution in [0.25, 0.3) is 0 Å². The highest BCUT2D eigenvalue weighted by molar-refractivity contribution is 7.98. The van der Waals surface area contributed by atoms with E-state index in [2.05, 4.69) is 25.3 Å². The second-order valence-corrected chi connectivity index (χ2v) is 11.4. The fourth-order valence-corrected chi connectivity index (χ4v) is 5.93. The molecule has 1 fully saturated rings. The molecule has 1 aliphatic rings. The summed E-state index contributed by atoms with van der Waals surface area (Å²) in [5, 5.41) is 3.81. The van der Waals surface area contributed by atoms with E-state index >= 15 is 0 Å². The second kappa shape index (κ2) is 10.7. The molecule has 4 rings (SSSR count). The fraction of sp³-hybridized carbons (Fsp3) is 0.391. The van der Waals surface area contributed by atoms with Gasteiger partial charge in [-0.2, -0.15) is 19.3 Å². The van der Waals surface area contributed by atoms with Crippen molar-refractivity contribution in [3.05, 3.63) is 54.0 Å². The van der Waals surface area contributed by atoms with Crippen LogP contribution in [0.5, 0.6) is 0 Å². The number of pyridine rings is 1. The van der Waals surface area contributed by atoms with Gasteiger partial charge in [0.25, 0.3) is 0 Å². The van der Waals surface area contributed by atoms with Crippen molar-refractivity contribution in [2.24, 2.45) is 0 Å². The molecule has 34 heavy (non-hydrogen) atoms. The summed E-state index contributed by atoms with van der Waals surface area (Å²) < 4.78 is 27.5. The van der Waals surface area contributed by atoms with Gasteiger partial charge in [0.1, 0.15) is 10.7 Å². The predicted molar refractivity (Wildman–Crippen MR) is 134 cm³/mol. The van der Waals surface area contributed by atoms with Crippen molar-refractivity contribution in [1.29, 1.82) is 0 Å². The number of hydrogen-bond donors (Lipinski definition) is 2. The second-order valence-electron chi connectivity index (χ2n) is 8.36. The van der Waals surface area contributed by atoms with Gasteiger partial charge in [-0.3, -0.25) is 0 Å². The molecule has 3 N–H and O–H groups in total. The molecule has 9 nitrogen and oxygen atoms in total. The number of nitrogens with two attached hydrogens (primary N) is 1. The molecule has 0 spiro atoms. The van der Waals surface area contributed by atoms with Crippen molar-refractivity contribution < 1.29 is 8.42 Å². The zero-order chi connectivity index (χ0) is 24.1. The maximum atomic E-state index is 13.0. The van der Waals surface area contributed by atoms with Crippen molar-refractivity contribution in [2.75, 3.05) is 18.1 Å². The van der Waals surface area contributed by atoms with Crippen LogP contribution in [0.1, 0.15) is 43.5 Å². The Kier molecular flexibility index (Phi) is 7.64. The average Bonchev–Trinajstić information content (AvgIpc) is 2.84. The summed E-state index contributed by atoms with van der Waals surface area (Å²) in [6, 6.07) is 11.2. The summed E-state index contributed by atoms with van der Waals surface area (Å²) in [5.41, 5.74) is 7.88. The van der Waals surface area contributed by atoms with E-state index in [4.69, 9.17) is 5.73 Å². The smallest absolute Gasteiger partial charge is 0.244 e. The topological polar surface area (TPSA) is 127 Å². The minimum Gasteiger partial charge on any atom is -0.368 e. The Hall–Kier alpha value is -2.76. The number of anilines is 3. The summed E-state index contributed by atoms with van der Waals surface area (Å²) in [4.78, 5) is 17.3. The van der Waals surface area contributed by atoms with Gasteiger partial charge < -0.3 is 11.1 Å². The van der Waals surface area contributed by atoms with E-state index in [1.165, 1.54) is 28.7 Å². The molecule has 0 amide bonds. The molecule has 180 valence electrons. The maximum Gasteiger partial charge on any atom is 0.244 e. The van der Waals surface area contributed by atoms with Gasteiger partial charge in [-0.25, -0.2) is 13.4 Å². The van der Waals surface area contributed by atoms with Gasteiger partial charge >= 0.3 is 0 Å². The third kappa shape index (κ3) is 6.02. The van der Waals surface area contributed by atoms with E-state index in [0.717, 1.165) is 36.9 Å². The molecule has 1 saturated carbocycles.